The zero-order chi connectivity index (χ0) is 9.84. The third-order valence-corrected chi connectivity index (χ3v) is 2.55. The van der Waals surface area contributed by atoms with E-state index in [0.29, 0.717) is 19.4 Å². The van der Waals surface area contributed by atoms with Crippen molar-refractivity contribution in [1.29, 1.82) is 0 Å². The van der Waals surface area contributed by atoms with Crippen molar-refractivity contribution >= 4 is 5.97 Å². The molecular weight excluding hydrogens is 173 g/mol. The minimum atomic E-state index is -1.04. The highest BCUT2D eigenvalue weighted by molar-refractivity contribution is 5.73. The first-order valence-electron chi connectivity index (χ1n) is 4.55. The molecule has 0 aromatic heterocycles. The highest BCUT2D eigenvalue weighted by Crippen LogP contribution is 2.21. The van der Waals surface area contributed by atoms with Crippen LogP contribution in [0.5, 0.6) is 0 Å². The lowest BCUT2D eigenvalue weighted by atomic mass is 9.99. The van der Waals surface area contributed by atoms with Crippen LogP contribution in [0.2, 0.25) is 0 Å². The van der Waals surface area contributed by atoms with Crippen LogP contribution in [-0.2, 0) is 9.53 Å². The minimum absolute atomic E-state index is 0.414. The van der Waals surface area contributed by atoms with Gasteiger partial charge in [-0.1, -0.05) is 0 Å². The Balaban J connectivity index is 2.56. The lowest BCUT2D eigenvalue weighted by Gasteiger charge is -2.14. The monoisotopic (exact) mass is 189 g/mol. The van der Waals surface area contributed by atoms with E-state index in [0.717, 1.165) is 6.54 Å². The van der Waals surface area contributed by atoms with Gasteiger partial charge >= 0.3 is 5.97 Å². The van der Waals surface area contributed by atoms with E-state index in [9.17, 15) is 9.18 Å². The molecule has 1 heterocycles. The van der Waals surface area contributed by atoms with Crippen LogP contribution in [0, 0.1) is 5.92 Å². The van der Waals surface area contributed by atoms with Crippen LogP contribution in [0.1, 0.15) is 12.8 Å². The molecule has 0 radical (unpaired) electrons. The zero-order valence-corrected chi connectivity index (χ0v) is 8.12. The van der Waals surface area contributed by atoms with Gasteiger partial charge in [0.25, 0.3) is 0 Å². The van der Waals surface area contributed by atoms with Crippen molar-refractivity contribution in [1.82, 2.24) is 4.90 Å². The number of ether oxygens (including phenoxy) is 1. The summed E-state index contributed by atoms with van der Waals surface area (Å²) < 4.78 is 17.9. The quantitative estimate of drug-likeness (QED) is 0.572. The number of rotatable bonds is 1. The van der Waals surface area contributed by atoms with E-state index in [-0.39, 0.29) is 0 Å². The molecule has 1 saturated heterocycles. The standard InChI is InChI=1S/C9H16FNO2/c1-11-5-3-7(9(12)13-2)8(10)4-6-11/h7-8H,3-6H2,1-2H3/t7-,8-/m1/s1. The summed E-state index contributed by atoms with van der Waals surface area (Å²) in [5, 5.41) is 0. The molecule has 0 bridgehead atoms. The second-order valence-corrected chi connectivity index (χ2v) is 3.53. The number of alkyl halides is 1. The fourth-order valence-electron chi connectivity index (χ4n) is 1.61. The van der Waals surface area contributed by atoms with Crippen molar-refractivity contribution in [3.63, 3.8) is 0 Å². The van der Waals surface area contributed by atoms with Crippen molar-refractivity contribution in [2.75, 3.05) is 27.2 Å². The second-order valence-electron chi connectivity index (χ2n) is 3.53. The summed E-state index contributed by atoms with van der Waals surface area (Å²) in [6.07, 6.45) is -0.0574. The van der Waals surface area contributed by atoms with Gasteiger partial charge < -0.3 is 9.64 Å². The van der Waals surface area contributed by atoms with Gasteiger partial charge in [0.1, 0.15) is 6.17 Å². The summed E-state index contributed by atoms with van der Waals surface area (Å²) in [5.74, 6) is -0.974. The molecule has 0 aromatic carbocycles. The molecule has 1 rings (SSSR count). The lowest BCUT2D eigenvalue weighted by molar-refractivity contribution is -0.147. The molecule has 0 N–H and O–H groups in total. The smallest absolute Gasteiger partial charge is 0.311 e. The van der Waals surface area contributed by atoms with Crippen LogP contribution in [0.4, 0.5) is 4.39 Å². The first-order chi connectivity index (χ1) is 6.15. The van der Waals surface area contributed by atoms with Crippen LogP contribution >= 0.6 is 0 Å². The van der Waals surface area contributed by atoms with Crippen LogP contribution in [0.25, 0.3) is 0 Å². The van der Waals surface area contributed by atoms with Crippen LogP contribution < -0.4 is 0 Å². The van der Waals surface area contributed by atoms with Gasteiger partial charge in [-0.15, -0.1) is 0 Å². The number of hydrogen-bond donors (Lipinski definition) is 0. The number of likely N-dealkylation sites (tertiary alicyclic amines) is 1. The predicted molar refractivity (Wildman–Crippen MR) is 47.1 cm³/mol. The zero-order valence-electron chi connectivity index (χ0n) is 8.12. The Kier molecular flexibility index (Phi) is 3.66. The number of methoxy groups -OCH3 is 1. The van der Waals surface area contributed by atoms with Gasteiger partial charge in [-0.25, -0.2) is 4.39 Å². The van der Waals surface area contributed by atoms with E-state index in [2.05, 4.69) is 4.74 Å². The molecule has 0 amide bonds. The Morgan fingerprint density at radius 2 is 2.08 bits per heavy atom. The molecule has 1 aliphatic heterocycles. The lowest BCUT2D eigenvalue weighted by Crippen LogP contribution is -2.26. The van der Waals surface area contributed by atoms with Gasteiger partial charge in [-0.2, -0.15) is 0 Å². The maximum Gasteiger partial charge on any atom is 0.311 e. The Hall–Kier alpha value is -0.640. The highest BCUT2D eigenvalue weighted by atomic mass is 19.1. The SMILES string of the molecule is COC(=O)[C@@H]1CCN(C)CC[C@H]1F. The molecule has 0 aliphatic carbocycles. The Morgan fingerprint density at radius 3 is 2.69 bits per heavy atom. The van der Waals surface area contributed by atoms with E-state index in [1.54, 1.807) is 0 Å². The topological polar surface area (TPSA) is 29.5 Å². The molecule has 1 fully saturated rings. The minimum Gasteiger partial charge on any atom is -0.469 e. The van der Waals surface area contributed by atoms with Gasteiger partial charge in [-0.3, -0.25) is 4.79 Å². The van der Waals surface area contributed by atoms with E-state index >= 15 is 0 Å². The second kappa shape index (κ2) is 4.56. The summed E-state index contributed by atoms with van der Waals surface area (Å²) >= 11 is 0. The number of nitrogens with zero attached hydrogens (tertiary/aromatic N) is 1. The van der Waals surface area contributed by atoms with Crippen molar-refractivity contribution < 1.29 is 13.9 Å². The fraction of sp³-hybridized carbons (Fsp3) is 0.889. The Bertz CT molecular complexity index is 186. The third kappa shape index (κ3) is 2.66. The first kappa shape index (κ1) is 10.4. The number of esters is 1. The summed E-state index contributed by atoms with van der Waals surface area (Å²) in [7, 11) is 3.25. The fourth-order valence-corrected chi connectivity index (χ4v) is 1.61. The Morgan fingerprint density at radius 1 is 1.46 bits per heavy atom. The molecule has 2 atom stereocenters. The van der Waals surface area contributed by atoms with Crippen LogP contribution in [0.3, 0.4) is 0 Å². The highest BCUT2D eigenvalue weighted by Gasteiger charge is 2.31. The number of carbonyl (C=O) groups is 1. The normalized spacial score (nSPS) is 31.0. The van der Waals surface area contributed by atoms with Crippen molar-refractivity contribution in [3.8, 4) is 0 Å². The average Bonchev–Trinajstić information content (AvgIpc) is 2.28. The van der Waals surface area contributed by atoms with Crippen molar-refractivity contribution in [2.45, 2.75) is 19.0 Å². The first-order valence-corrected chi connectivity index (χ1v) is 4.55. The molecule has 0 spiro atoms. The van der Waals surface area contributed by atoms with Crippen molar-refractivity contribution in [3.05, 3.63) is 0 Å². The number of carbonyl (C=O) groups excluding carboxylic acids is 1. The molecular formula is C9H16FNO2. The Labute approximate surface area is 77.9 Å². The summed E-state index contributed by atoms with van der Waals surface area (Å²) in [6, 6.07) is 0. The number of hydrogen-bond acceptors (Lipinski definition) is 3. The maximum atomic E-state index is 13.4. The average molecular weight is 189 g/mol. The summed E-state index contributed by atoms with van der Waals surface area (Å²) in [6.45, 7) is 1.48. The van der Waals surface area contributed by atoms with E-state index in [1.165, 1.54) is 7.11 Å². The maximum absolute atomic E-state index is 13.4. The van der Waals surface area contributed by atoms with Crippen molar-refractivity contribution in [2.24, 2.45) is 5.92 Å². The van der Waals surface area contributed by atoms with E-state index in [4.69, 9.17) is 0 Å². The van der Waals surface area contributed by atoms with Crippen LogP contribution in [-0.4, -0.2) is 44.3 Å². The van der Waals surface area contributed by atoms with Gasteiger partial charge in [-0.05, 0) is 26.4 Å². The summed E-state index contributed by atoms with van der Waals surface area (Å²) in [5.41, 5.74) is 0. The molecule has 0 aromatic rings. The number of halogens is 1. The molecule has 76 valence electrons. The third-order valence-electron chi connectivity index (χ3n) is 2.55. The van der Waals surface area contributed by atoms with Crippen LogP contribution in [0.15, 0.2) is 0 Å². The molecule has 0 unspecified atom stereocenters. The van der Waals surface area contributed by atoms with E-state index < -0.39 is 18.1 Å². The summed E-state index contributed by atoms with van der Waals surface area (Å²) in [4.78, 5) is 13.2. The molecule has 3 nitrogen and oxygen atoms in total. The largest absolute Gasteiger partial charge is 0.469 e. The van der Waals surface area contributed by atoms with Gasteiger partial charge in [0, 0.05) is 6.54 Å². The molecule has 1 aliphatic rings. The molecule has 13 heavy (non-hydrogen) atoms. The van der Waals surface area contributed by atoms with E-state index in [1.807, 2.05) is 11.9 Å². The van der Waals surface area contributed by atoms with Gasteiger partial charge in [0.2, 0.25) is 0 Å². The molecule has 0 saturated carbocycles. The van der Waals surface area contributed by atoms with Gasteiger partial charge in [0.05, 0.1) is 13.0 Å². The van der Waals surface area contributed by atoms with Gasteiger partial charge in [0.15, 0.2) is 0 Å². The molecule has 4 heteroatoms. The predicted octanol–water partition coefficient (Wildman–Crippen LogP) is 0.839.